The van der Waals surface area contributed by atoms with E-state index in [1.54, 1.807) is 29.4 Å². The molecule has 1 heterocycles. The summed E-state index contributed by atoms with van der Waals surface area (Å²) in [7, 11) is 3.66. The molecule has 1 aromatic heterocycles. The van der Waals surface area contributed by atoms with Crippen LogP contribution in [-0.4, -0.2) is 55.6 Å². The SMILES string of the molecule is Cc1ccc(NC(=O)NCCNc2cccnc2)cc1NC(=O)CN(C)C. The number of urea groups is 1. The van der Waals surface area contributed by atoms with E-state index in [0.29, 0.717) is 31.0 Å². The van der Waals surface area contributed by atoms with Crippen LogP contribution in [0.1, 0.15) is 5.56 Å². The third-order valence-corrected chi connectivity index (χ3v) is 3.63. The first kappa shape index (κ1) is 20.2. The summed E-state index contributed by atoms with van der Waals surface area (Å²) < 4.78 is 0. The molecule has 0 bridgehead atoms. The minimum absolute atomic E-state index is 0.105. The van der Waals surface area contributed by atoms with Gasteiger partial charge in [-0.25, -0.2) is 4.79 Å². The van der Waals surface area contributed by atoms with E-state index in [1.807, 2.05) is 39.2 Å². The Labute approximate surface area is 159 Å². The second-order valence-electron chi connectivity index (χ2n) is 6.37. The lowest BCUT2D eigenvalue weighted by molar-refractivity contribution is -0.116. The van der Waals surface area contributed by atoms with Crippen molar-refractivity contribution in [3.05, 3.63) is 48.3 Å². The average Bonchev–Trinajstić information content (AvgIpc) is 2.62. The van der Waals surface area contributed by atoms with Crippen molar-refractivity contribution in [1.29, 1.82) is 0 Å². The topological polar surface area (TPSA) is 98.4 Å². The number of aromatic nitrogens is 1. The summed E-state index contributed by atoms with van der Waals surface area (Å²) in [5.41, 5.74) is 3.11. The highest BCUT2D eigenvalue weighted by molar-refractivity contribution is 5.95. The number of anilines is 3. The fourth-order valence-electron chi connectivity index (χ4n) is 2.34. The predicted molar refractivity (Wildman–Crippen MR) is 108 cm³/mol. The molecule has 2 rings (SSSR count). The molecule has 27 heavy (non-hydrogen) atoms. The van der Waals surface area contributed by atoms with Gasteiger partial charge in [-0.2, -0.15) is 0 Å². The summed E-state index contributed by atoms with van der Waals surface area (Å²) in [6.07, 6.45) is 3.42. The van der Waals surface area contributed by atoms with E-state index >= 15 is 0 Å². The van der Waals surface area contributed by atoms with Crippen LogP contribution < -0.4 is 21.3 Å². The Morgan fingerprint density at radius 1 is 1.07 bits per heavy atom. The quantitative estimate of drug-likeness (QED) is 0.534. The number of nitrogens with one attached hydrogen (secondary N) is 4. The van der Waals surface area contributed by atoms with Gasteiger partial charge in [-0.15, -0.1) is 0 Å². The van der Waals surface area contributed by atoms with E-state index in [9.17, 15) is 9.59 Å². The molecule has 0 atom stereocenters. The zero-order valence-corrected chi connectivity index (χ0v) is 15.9. The highest BCUT2D eigenvalue weighted by Gasteiger charge is 2.08. The van der Waals surface area contributed by atoms with Crippen LogP contribution in [0.2, 0.25) is 0 Å². The lowest BCUT2D eigenvalue weighted by Crippen LogP contribution is -2.32. The fraction of sp³-hybridized carbons (Fsp3) is 0.316. The molecule has 0 saturated carbocycles. The number of pyridine rings is 1. The van der Waals surface area contributed by atoms with Gasteiger partial charge in [-0.1, -0.05) is 6.07 Å². The Morgan fingerprint density at radius 2 is 1.89 bits per heavy atom. The van der Waals surface area contributed by atoms with Crippen LogP contribution >= 0.6 is 0 Å². The third-order valence-electron chi connectivity index (χ3n) is 3.63. The summed E-state index contributed by atoms with van der Waals surface area (Å²) >= 11 is 0. The highest BCUT2D eigenvalue weighted by atomic mass is 16.2. The molecule has 2 aromatic rings. The molecular weight excluding hydrogens is 344 g/mol. The summed E-state index contributed by atoms with van der Waals surface area (Å²) in [6.45, 7) is 3.23. The molecule has 0 spiro atoms. The van der Waals surface area contributed by atoms with Gasteiger partial charge in [0.05, 0.1) is 12.2 Å². The van der Waals surface area contributed by atoms with Gasteiger partial charge in [-0.05, 0) is 50.8 Å². The van der Waals surface area contributed by atoms with Crippen molar-refractivity contribution in [3.8, 4) is 0 Å². The van der Waals surface area contributed by atoms with Crippen LogP contribution in [0.15, 0.2) is 42.7 Å². The second-order valence-corrected chi connectivity index (χ2v) is 6.37. The maximum absolute atomic E-state index is 12.0. The van der Waals surface area contributed by atoms with Gasteiger partial charge >= 0.3 is 6.03 Å². The number of carbonyl (C=O) groups is 2. The minimum Gasteiger partial charge on any atom is -0.382 e. The zero-order valence-electron chi connectivity index (χ0n) is 15.9. The molecule has 3 amide bonds. The molecule has 144 valence electrons. The summed E-state index contributed by atoms with van der Waals surface area (Å²) in [6, 6.07) is 8.84. The molecule has 0 radical (unpaired) electrons. The average molecular weight is 370 g/mol. The van der Waals surface area contributed by atoms with Crippen LogP contribution in [0.25, 0.3) is 0 Å². The summed E-state index contributed by atoms with van der Waals surface area (Å²) in [5.74, 6) is -0.105. The van der Waals surface area contributed by atoms with E-state index in [4.69, 9.17) is 0 Å². The molecule has 8 heteroatoms. The molecule has 1 aromatic carbocycles. The van der Waals surface area contributed by atoms with Gasteiger partial charge in [0, 0.05) is 36.9 Å². The molecular formula is C19H26N6O2. The van der Waals surface area contributed by atoms with Gasteiger partial charge in [0.2, 0.25) is 5.91 Å². The Balaban J connectivity index is 1.80. The smallest absolute Gasteiger partial charge is 0.319 e. The number of hydrogen-bond acceptors (Lipinski definition) is 5. The zero-order chi connectivity index (χ0) is 19.6. The number of benzene rings is 1. The largest absolute Gasteiger partial charge is 0.382 e. The Bertz CT molecular complexity index is 764. The van der Waals surface area contributed by atoms with Crippen LogP contribution in [0.4, 0.5) is 21.9 Å². The monoisotopic (exact) mass is 370 g/mol. The molecule has 4 N–H and O–H groups in total. The fourth-order valence-corrected chi connectivity index (χ4v) is 2.34. The third kappa shape index (κ3) is 7.33. The van der Waals surface area contributed by atoms with E-state index in [2.05, 4.69) is 26.3 Å². The Kier molecular flexibility index (Phi) is 7.57. The van der Waals surface area contributed by atoms with Crippen molar-refractivity contribution in [2.24, 2.45) is 0 Å². The Morgan fingerprint density at radius 3 is 2.59 bits per heavy atom. The Hall–Kier alpha value is -3.13. The standard InChI is InChI=1S/C19H26N6O2/c1-14-6-7-15(11-17(14)24-18(26)13-25(2)3)23-19(27)22-10-9-21-16-5-4-8-20-12-16/h4-8,11-12,21H,9-10,13H2,1-3H3,(H,24,26)(H2,22,23,27). The molecule has 0 aliphatic rings. The number of rotatable bonds is 8. The molecule has 0 aliphatic heterocycles. The van der Waals surface area contributed by atoms with E-state index in [-0.39, 0.29) is 11.9 Å². The summed E-state index contributed by atoms with van der Waals surface area (Å²) in [5, 5.41) is 11.6. The molecule has 0 unspecified atom stereocenters. The second kappa shape index (κ2) is 10.1. The van der Waals surface area contributed by atoms with E-state index in [1.165, 1.54) is 0 Å². The van der Waals surface area contributed by atoms with Crippen molar-refractivity contribution in [2.45, 2.75) is 6.92 Å². The van der Waals surface area contributed by atoms with Crippen molar-refractivity contribution in [2.75, 3.05) is 49.7 Å². The van der Waals surface area contributed by atoms with E-state index in [0.717, 1.165) is 11.3 Å². The lowest BCUT2D eigenvalue weighted by atomic mass is 10.1. The van der Waals surface area contributed by atoms with Gasteiger partial charge in [0.1, 0.15) is 0 Å². The maximum Gasteiger partial charge on any atom is 0.319 e. The first-order valence-electron chi connectivity index (χ1n) is 8.68. The van der Waals surface area contributed by atoms with Crippen LogP contribution in [0.3, 0.4) is 0 Å². The maximum atomic E-state index is 12.0. The molecule has 0 fully saturated rings. The lowest BCUT2D eigenvalue weighted by Gasteiger charge is -2.14. The number of amides is 3. The van der Waals surface area contributed by atoms with Gasteiger partial charge in [0.15, 0.2) is 0 Å². The van der Waals surface area contributed by atoms with Gasteiger partial charge in [0.25, 0.3) is 0 Å². The molecule has 8 nitrogen and oxygen atoms in total. The minimum atomic E-state index is -0.308. The highest BCUT2D eigenvalue weighted by Crippen LogP contribution is 2.20. The van der Waals surface area contributed by atoms with Crippen molar-refractivity contribution in [3.63, 3.8) is 0 Å². The molecule has 0 aliphatic carbocycles. The van der Waals surface area contributed by atoms with Gasteiger partial charge in [-0.3, -0.25) is 9.78 Å². The number of hydrogen-bond donors (Lipinski definition) is 4. The van der Waals surface area contributed by atoms with Crippen molar-refractivity contribution in [1.82, 2.24) is 15.2 Å². The first-order chi connectivity index (χ1) is 12.9. The number of likely N-dealkylation sites (N-methyl/N-ethyl adjacent to an activating group) is 1. The summed E-state index contributed by atoms with van der Waals surface area (Å²) in [4.78, 5) is 29.8. The van der Waals surface area contributed by atoms with Crippen LogP contribution in [0.5, 0.6) is 0 Å². The number of nitrogens with zero attached hydrogens (tertiary/aromatic N) is 2. The number of aryl methyl sites for hydroxylation is 1. The van der Waals surface area contributed by atoms with Gasteiger partial charge < -0.3 is 26.2 Å². The predicted octanol–water partition coefficient (Wildman–Crippen LogP) is 2.12. The van der Waals surface area contributed by atoms with Crippen LogP contribution in [-0.2, 0) is 4.79 Å². The first-order valence-corrected chi connectivity index (χ1v) is 8.68. The normalized spacial score (nSPS) is 10.4. The number of carbonyl (C=O) groups excluding carboxylic acids is 2. The van der Waals surface area contributed by atoms with Crippen molar-refractivity contribution < 1.29 is 9.59 Å². The van der Waals surface area contributed by atoms with E-state index < -0.39 is 0 Å². The van der Waals surface area contributed by atoms with Crippen molar-refractivity contribution >= 4 is 29.0 Å². The van der Waals surface area contributed by atoms with Crippen LogP contribution in [0, 0.1) is 6.92 Å². The molecule has 0 saturated heterocycles.